The Morgan fingerprint density at radius 2 is 1.50 bits per heavy atom. The number of aryl methyl sites for hydroxylation is 3. The van der Waals surface area contributed by atoms with E-state index < -0.39 is 0 Å². The highest BCUT2D eigenvalue weighted by atomic mass is 15.1. The first kappa shape index (κ1) is 14.7. The average Bonchev–Trinajstić information content (AvgIpc) is 2.87. The first-order valence-electron chi connectivity index (χ1n) is 8.26. The van der Waals surface area contributed by atoms with Crippen LogP contribution in [0.1, 0.15) is 5.56 Å². The molecule has 1 aromatic heterocycles. The predicted molar refractivity (Wildman–Crippen MR) is 99.7 cm³/mol. The van der Waals surface area contributed by atoms with Crippen LogP contribution in [-0.2, 0) is 14.1 Å². The Balaban J connectivity index is 1.89. The average molecular weight is 313 g/mol. The summed E-state index contributed by atoms with van der Waals surface area (Å²) in [7, 11) is 4.28. The van der Waals surface area contributed by atoms with Gasteiger partial charge in [0.05, 0.1) is 19.7 Å². The Labute approximate surface area is 142 Å². The maximum absolute atomic E-state index is 2.28. The quantitative estimate of drug-likeness (QED) is 0.477. The lowest BCUT2D eigenvalue weighted by atomic mass is 9.99. The molecule has 0 aliphatic heterocycles. The summed E-state index contributed by atoms with van der Waals surface area (Å²) < 4.78 is 4.56. The normalized spacial score (nSPS) is 11.1. The highest BCUT2D eigenvalue weighted by Crippen LogP contribution is 2.28. The van der Waals surface area contributed by atoms with Crippen molar-refractivity contribution in [1.29, 1.82) is 0 Å². The summed E-state index contributed by atoms with van der Waals surface area (Å²) in [4.78, 5) is 0. The lowest BCUT2D eigenvalue weighted by Gasteiger charge is -2.07. The van der Waals surface area contributed by atoms with E-state index in [1.165, 1.54) is 39.1 Å². The Morgan fingerprint density at radius 1 is 0.792 bits per heavy atom. The van der Waals surface area contributed by atoms with Gasteiger partial charge in [0.25, 0.3) is 5.82 Å². The van der Waals surface area contributed by atoms with E-state index in [2.05, 4.69) is 103 Å². The van der Waals surface area contributed by atoms with Gasteiger partial charge in [-0.15, -0.1) is 0 Å². The van der Waals surface area contributed by atoms with Gasteiger partial charge >= 0.3 is 0 Å². The van der Waals surface area contributed by atoms with E-state index in [1.54, 1.807) is 0 Å². The molecule has 0 spiro atoms. The van der Waals surface area contributed by atoms with Crippen molar-refractivity contribution in [2.24, 2.45) is 14.1 Å². The van der Waals surface area contributed by atoms with Gasteiger partial charge in [-0.05, 0) is 41.8 Å². The molecule has 0 radical (unpaired) electrons. The highest BCUT2D eigenvalue weighted by Gasteiger charge is 2.22. The largest absolute Gasteiger partial charge is 0.289 e. The summed E-state index contributed by atoms with van der Waals surface area (Å²) in [6.45, 7) is 2.19. The molecule has 118 valence electrons. The van der Waals surface area contributed by atoms with Gasteiger partial charge in [-0.1, -0.05) is 54.6 Å². The minimum Gasteiger partial charge on any atom is -0.226 e. The Kier molecular flexibility index (Phi) is 3.46. The zero-order valence-electron chi connectivity index (χ0n) is 14.3. The predicted octanol–water partition coefficient (Wildman–Crippen LogP) is 4.65. The van der Waals surface area contributed by atoms with Crippen LogP contribution < -0.4 is 4.57 Å². The van der Waals surface area contributed by atoms with Crippen molar-refractivity contribution >= 4 is 11.0 Å². The number of hydrogen-bond donors (Lipinski definition) is 0. The molecule has 0 fully saturated rings. The second kappa shape index (κ2) is 5.64. The third kappa shape index (κ3) is 2.23. The van der Waals surface area contributed by atoms with Crippen molar-refractivity contribution in [1.82, 2.24) is 4.57 Å². The van der Waals surface area contributed by atoms with Crippen LogP contribution in [0.3, 0.4) is 0 Å². The van der Waals surface area contributed by atoms with Crippen LogP contribution >= 0.6 is 0 Å². The summed E-state index contributed by atoms with van der Waals surface area (Å²) >= 11 is 0. The highest BCUT2D eigenvalue weighted by molar-refractivity contribution is 5.77. The molecule has 2 heteroatoms. The topological polar surface area (TPSA) is 8.81 Å². The van der Waals surface area contributed by atoms with E-state index >= 15 is 0 Å². The number of nitrogens with zero attached hydrogens (tertiary/aromatic N) is 2. The summed E-state index contributed by atoms with van der Waals surface area (Å²) in [5.41, 5.74) is 7.59. The summed E-state index contributed by atoms with van der Waals surface area (Å²) in [5, 5.41) is 0. The van der Waals surface area contributed by atoms with Crippen LogP contribution in [0.5, 0.6) is 0 Å². The van der Waals surface area contributed by atoms with Crippen LogP contribution in [0, 0.1) is 6.92 Å². The molecule has 0 saturated heterocycles. The molecule has 2 nitrogen and oxygen atoms in total. The van der Waals surface area contributed by atoms with Gasteiger partial charge in [-0.2, -0.15) is 0 Å². The third-order valence-electron chi connectivity index (χ3n) is 4.81. The minimum atomic E-state index is 1.23. The summed E-state index contributed by atoms with van der Waals surface area (Å²) in [6.07, 6.45) is 0. The van der Waals surface area contributed by atoms with Crippen LogP contribution in [0.25, 0.3) is 33.5 Å². The van der Waals surface area contributed by atoms with Gasteiger partial charge in [-0.25, -0.2) is 9.13 Å². The molecule has 0 bridgehead atoms. The van der Waals surface area contributed by atoms with Crippen molar-refractivity contribution in [3.63, 3.8) is 0 Å². The first-order valence-corrected chi connectivity index (χ1v) is 8.26. The van der Waals surface area contributed by atoms with Gasteiger partial charge in [0.1, 0.15) is 0 Å². The fourth-order valence-electron chi connectivity index (χ4n) is 3.57. The Bertz CT molecular complexity index is 988. The van der Waals surface area contributed by atoms with Crippen LogP contribution in [0.2, 0.25) is 0 Å². The molecule has 0 saturated carbocycles. The molecule has 0 N–H and O–H groups in total. The van der Waals surface area contributed by atoms with Crippen molar-refractivity contribution in [2.45, 2.75) is 6.92 Å². The number of benzene rings is 3. The van der Waals surface area contributed by atoms with E-state index in [0.717, 1.165) is 0 Å². The molecule has 24 heavy (non-hydrogen) atoms. The molecular formula is C22H21N2+. The maximum atomic E-state index is 2.28. The molecule has 4 rings (SSSR count). The molecule has 0 aliphatic carbocycles. The van der Waals surface area contributed by atoms with E-state index in [4.69, 9.17) is 0 Å². The first-order chi connectivity index (χ1) is 11.7. The Hall–Kier alpha value is -2.87. The number of rotatable bonds is 2. The molecule has 1 heterocycles. The molecule has 4 aromatic rings. The van der Waals surface area contributed by atoms with E-state index in [-0.39, 0.29) is 0 Å². The second-order valence-electron chi connectivity index (χ2n) is 6.33. The SMILES string of the molecule is Cc1cc(-c2ccccc2)ccc1-c1n(C)c2ccccc2[n+]1C. The zero-order valence-corrected chi connectivity index (χ0v) is 14.3. The van der Waals surface area contributed by atoms with Crippen LogP contribution in [0.4, 0.5) is 0 Å². The van der Waals surface area contributed by atoms with E-state index in [1.807, 2.05) is 0 Å². The van der Waals surface area contributed by atoms with E-state index in [9.17, 15) is 0 Å². The lowest BCUT2D eigenvalue weighted by molar-refractivity contribution is -0.634. The number of para-hydroxylation sites is 2. The smallest absolute Gasteiger partial charge is 0.226 e. The van der Waals surface area contributed by atoms with Gasteiger partial charge in [0, 0.05) is 0 Å². The van der Waals surface area contributed by atoms with Gasteiger partial charge in [-0.3, -0.25) is 0 Å². The molecular weight excluding hydrogens is 292 g/mol. The van der Waals surface area contributed by atoms with Crippen molar-refractivity contribution in [3.05, 3.63) is 78.4 Å². The standard InChI is InChI=1S/C22H21N2/c1-16-15-18(17-9-5-4-6-10-17)13-14-19(16)22-23(2)20-11-7-8-12-21(20)24(22)3/h4-15H,1-3H3/q+1. The van der Waals surface area contributed by atoms with Crippen molar-refractivity contribution < 1.29 is 4.57 Å². The summed E-state index contributed by atoms with van der Waals surface area (Å²) in [6, 6.07) is 25.8. The fourth-order valence-corrected chi connectivity index (χ4v) is 3.57. The zero-order chi connectivity index (χ0) is 16.7. The van der Waals surface area contributed by atoms with Gasteiger partial charge in [0.2, 0.25) is 0 Å². The minimum absolute atomic E-state index is 1.23. The number of aromatic nitrogens is 2. The van der Waals surface area contributed by atoms with Crippen molar-refractivity contribution in [3.8, 4) is 22.5 Å². The lowest BCUT2D eigenvalue weighted by Crippen LogP contribution is -2.30. The molecule has 0 unspecified atom stereocenters. The molecule has 3 aromatic carbocycles. The van der Waals surface area contributed by atoms with Crippen LogP contribution in [0.15, 0.2) is 72.8 Å². The number of fused-ring (bicyclic) bond motifs is 1. The number of imidazole rings is 1. The van der Waals surface area contributed by atoms with Gasteiger partial charge < -0.3 is 0 Å². The number of hydrogen-bond acceptors (Lipinski definition) is 0. The van der Waals surface area contributed by atoms with Gasteiger partial charge in [0.15, 0.2) is 11.0 Å². The van der Waals surface area contributed by atoms with Crippen molar-refractivity contribution in [2.75, 3.05) is 0 Å². The third-order valence-corrected chi connectivity index (χ3v) is 4.81. The molecule has 0 amide bonds. The second-order valence-corrected chi connectivity index (χ2v) is 6.33. The molecule has 0 atom stereocenters. The van der Waals surface area contributed by atoms with E-state index in [0.29, 0.717) is 0 Å². The maximum Gasteiger partial charge on any atom is 0.289 e. The Morgan fingerprint density at radius 3 is 2.21 bits per heavy atom. The fraction of sp³-hybridized carbons (Fsp3) is 0.136. The summed E-state index contributed by atoms with van der Waals surface area (Å²) in [5.74, 6) is 1.23. The van der Waals surface area contributed by atoms with Crippen LogP contribution in [-0.4, -0.2) is 4.57 Å². The molecule has 0 aliphatic rings. The monoisotopic (exact) mass is 313 g/mol.